The van der Waals surface area contributed by atoms with Crippen molar-refractivity contribution in [2.75, 3.05) is 31.2 Å². The van der Waals surface area contributed by atoms with Crippen molar-refractivity contribution in [1.29, 1.82) is 0 Å². The maximum atomic E-state index is 12.8. The first-order valence-corrected chi connectivity index (χ1v) is 5.12. The van der Waals surface area contributed by atoms with Gasteiger partial charge in [-0.2, -0.15) is 13.2 Å². The van der Waals surface area contributed by atoms with Crippen LogP contribution in [0.15, 0.2) is 17.1 Å². The molecule has 1 aliphatic rings. The summed E-state index contributed by atoms with van der Waals surface area (Å²) in [5.41, 5.74) is -1.94. The second-order valence-electron chi connectivity index (χ2n) is 3.67. The molecule has 0 bridgehead atoms. The average Bonchev–Trinajstić information content (AvgIpc) is 2.28. The maximum absolute atomic E-state index is 12.8. The van der Waals surface area contributed by atoms with E-state index in [-0.39, 0.29) is 18.8 Å². The Balaban J connectivity index is 2.47. The van der Waals surface area contributed by atoms with Crippen LogP contribution in [0, 0.1) is 0 Å². The number of rotatable bonds is 1. The lowest BCUT2D eigenvalue weighted by molar-refractivity contribution is -0.137. The number of halogens is 3. The van der Waals surface area contributed by atoms with E-state index in [1.54, 1.807) is 0 Å². The third kappa shape index (κ3) is 2.44. The van der Waals surface area contributed by atoms with Gasteiger partial charge in [-0.3, -0.25) is 4.79 Å². The number of pyridine rings is 1. The van der Waals surface area contributed by atoms with E-state index >= 15 is 0 Å². The van der Waals surface area contributed by atoms with Crippen LogP contribution in [0.25, 0.3) is 0 Å². The predicted molar refractivity (Wildman–Crippen MR) is 55.1 cm³/mol. The molecule has 2 heterocycles. The lowest BCUT2D eigenvalue weighted by atomic mass is 10.2. The van der Waals surface area contributed by atoms with Crippen LogP contribution >= 0.6 is 0 Å². The molecule has 0 amide bonds. The zero-order chi connectivity index (χ0) is 12.5. The molecular formula is C10H11F3N2O2. The lowest BCUT2D eigenvalue weighted by Gasteiger charge is -2.29. The number of hydrogen-bond acceptors (Lipinski definition) is 3. The molecule has 1 fully saturated rings. The second kappa shape index (κ2) is 4.40. The van der Waals surface area contributed by atoms with Gasteiger partial charge in [0.05, 0.1) is 18.8 Å². The highest BCUT2D eigenvalue weighted by atomic mass is 19.4. The monoisotopic (exact) mass is 248 g/mol. The van der Waals surface area contributed by atoms with Crippen LogP contribution < -0.4 is 10.5 Å². The smallest absolute Gasteiger partial charge is 0.378 e. The van der Waals surface area contributed by atoms with Gasteiger partial charge in [-0.05, 0) is 6.07 Å². The first-order valence-electron chi connectivity index (χ1n) is 5.12. The number of H-pyrrole nitrogens is 1. The van der Waals surface area contributed by atoms with Crippen molar-refractivity contribution in [2.45, 2.75) is 6.18 Å². The first kappa shape index (κ1) is 12.0. The molecule has 1 aliphatic heterocycles. The van der Waals surface area contributed by atoms with Crippen LogP contribution in [0.2, 0.25) is 0 Å². The van der Waals surface area contributed by atoms with E-state index in [9.17, 15) is 18.0 Å². The third-order valence-electron chi connectivity index (χ3n) is 2.57. The minimum absolute atomic E-state index is 0.288. The van der Waals surface area contributed by atoms with Gasteiger partial charge in [-0.15, -0.1) is 0 Å². The molecule has 4 nitrogen and oxygen atoms in total. The SMILES string of the molecule is O=c1[nH]ccc(C(F)(F)F)c1N1CCOCC1. The Hall–Kier alpha value is -1.50. The summed E-state index contributed by atoms with van der Waals surface area (Å²) in [4.78, 5) is 15.2. The normalized spacial score (nSPS) is 17.2. The molecule has 0 aliphatic carbocycles. The molecule has 0 aromatic carbocycles. The number of ether oxygens (including phenoxy) is 1. The molecule has 0 saturated carbocycles. The Bertz CT molecular complexity index is 450. The second-order valence-corrected chi connectivity index (χ2v) is 3.67. The number of nitrogens with one attached hydrogen (secondary N) is 1. The van der Waals surface area contributed by atoms with E-state index in [4.69, 9.17) is 4.74 Å². The summed E-state index contributed by atoms with van der Waals surface area (Å²) >= 11 is 0. The van der Waals surface area contributed by atoms with E-state index < -0.39 is 17.3 Å². The Morgan fingerprint density at radius 1 is 1.29 bits per heavy atom. The molecule has 0 radical (unpaired) electrons. The van der Waals surface area contributed by atoms with Crippen molar-refractivity contribution in [3.05, 3.63) is 28.2 Å². The highest BCUT2D eigenvalue weighted by Crippen LogP contribution is 2.34. The van der Waals surface area contributed by atoms with Crippen LogP contribution in [-0.4, -0.2) is 31.3 Å². The fourth-order valence-corrected chi connectivity index (χ4v) is 1.80. The fourth-order valence-electron chi connectivity index (χ4n) is 1.80. The third-order valence-corrected chi connectivity index (χ3v) is 2.57. The minimum atomic E-state index is -4.53. The summed E-state index contributed by atoms with van der Waals surface area (Å²) < 4.78 is 43.4. The minimum Gasteiger partial charge on any atom is -0.378 e. The van der Waals surface area contributed by atoms with Gasteiger partial charge in [-0.25, -0.2) is 0 Å². The van der Waals surface area contributed by atoms with E-state index in [2.05, 4.69) is 4.98 Å². The predicted octanol–water partition coefficient (Wildman–Crippen LogP) is 1.23. The number of hydrogen-bond donors (Lipinski definition) is 1. The van der Waals surface area contributed by atoms with Gasteiger partial charge in [0.2, 0.25) is 0 Å². The molecule has 0 atom stereocenters. The number of aromatic amines is 1. The molecule has 1 aromatic heterocycles. The summed E-state index contributed by atoms with van der Waals surface area (Å²) in [6.07, 6.45) is -3.52. The van der Waals surface area contributed by atoms with Gasteiger partial charge in [0.25, 0.3) is 5.56 Å². The molecule has 1 saturated heterocycles. The standard InChI is InChI=1S/C10H11F3N2O2/c11-10(12,13)7-1-2-14-9(16)8(7)15-3-5-17-6-4-15/h1-2H,3-6H2,(H,14,16). The van der Waals surface area contributed by atoms with Crippen molar-refractivity contribution < 1.29 is 17.9 Å². The zero-order valence-corrected chi connectivity index (χ0v) is 8.88. The lowest BCUT2D eigenvalue weighted by Crippen LogP contribution is -2.40. The molecule has 94 valence electrons. The van der Waals surface area contributed by atoms with Gasteiger partial charge < -0.3 is 14.6 Å². The van der Waals surface area contributed by atoms with Crippen molar-refractivity contribution >= 4 is 5.69 Å². The Morgan fingerprint density at radius 3 is 2.53 bits per heavy atom. The Morgan fingerprint density at radius 2 is 1.94 bits per heavy atom. The number of morpholine rings is 1. The molecule has 0 spiro atoms. The maximum Gasteiger partial charge on any atom is 0.418 e. The topological polar surface area (TPSA) is 45.3 Å². The van der Waals surface area contributed by atoms with Crippen LogP contribution in [-0.2, 0) is 10.9 Å². The summed E-state index contributed by atoms with van der Waals surface area (Å²) in [7, 11) is 0. The van der Waals surface area contributed by atoms with E-state index in [0.717, 1.165) is 12.3 Å². The van der Waals surface area contributed by atoms with Crippen molar-refractivity contribution in [3.8, 4) is 0 Å². The molecule has 2 rings (SSSR count). The van der Waals surface area contributed by atoms with Crippen LogP contribution in [0.1, 0.15) is 5.56 Å². The van der Waals surface area contributed by atoms with E-state index in [1.807, 2.05) is 0 Å². The number of anilines is 1. The molecule has 1 N–H and O–H groups in total. The van der Waals surface area contributed by atoms with Crippen LogP contribution in [0.5, 0.6) is 0 Å². The van der Waals surface area contributed by atoms with Gasteiger partial charge >= 0.3 is 6.18 Å². The molecule has 1 aromatic rings. The van der Waals surface area contributed by atoms with Gasteiger partial charge in [0, 0.05) is 19.3 Å². The van der Waals surface area contributed by atoms with E-state index in [1.165, 1.54) is 4.90 Å². The van der Waals surface area contributed by atoms with Crippen molar-refractivity contribution in [2.24, 2.45) is 0 Å². The summed E-state index contributed by atoms with van der Waals surface area (Å²) in [6, 6.07) is 0.881. The molecule has 7 heteroatoms. The largest absolute Gasteiger partial charge is 0.418 e. The summed E-state index contributed by atoms with van der Waals surface area (Å²) in [5, 5.41) is 0. The summed E-state index contributed by atoms with van der Waals surface area (Å²) in [6.45, 7) is 1.23. The van der Waals surface area contributed by atoms with Crippen molar-refractivity contribution in [1.82, 2.24) is 4.98 Å². The highest BCUT2D eigenvalue weighted by molar-refractivity contribution is 5.53. The number of alkyl halides is 3. The quantitative estimate of drug-likeness (QED) is 0.813. The Kier molecular flexibility index (Phi) is 3.10. The molecule has 0 unspecified atom stereocenters. The first-order chi connectivity index (χ1) is 8.00. The van der Waals surface area contributed by atoms with Gasteiger partial charge in [0.1, 0.15) is 5.69 Å². The van der Waals surface area contributed by atoms with Crippen LogP contribution in [0.3, 0.4) is 0 Å². The average molecular weight is 248 g/mol. The Labute approximate surface area is 95.0 Å². The fraction of sp³-hybridized carbons (Fsp3) is 0.500. The zero-order valence-electron chi connectivity index (χ0n) is 8.88. The number of aromatic nitrogens is 1. The summed E-state index contributed by atoms with van der Waals surface area (Å²) in [5.74, 6) is 0. The highest BCUT2D eigenvalue weighted by Gasteiger charge is 2.36. The molecular weight excluding hydrogens is 237 g/mol. The van der Waals surface area contributed by atoms with Crippen LogP contribution in [0.4, 0.5) is 18.9 Å². The van der Waals surface area contributed by atoms with Gasteiger partial charge in [-0.1, -0.05) is 0 Å². The van der Waals surface area contributed by atoms with E-state index in [0.29, 0.717) is 13.2 Å². The molecule has 17 heavy (non-hydrogen) atoms. The van der Waals surface area contributed by atoms with Crippen molar-refractivity contribution in [3.63, 3.8) is 0 Å². The number of nitrogens with zero attached hydrogens (tertiary/aromatic N) is 1. The van der Waals surface area contributed by atoms with Gasteiger partial charge in [0.15, 0.2) is 0 Å².